The van der Waals surface area contributed by atoms with E-state index in [2.05, 4.69) is 4.99 Å². The largest absolute Gasteiger partial charge is 0.497 e. The lowest BCUT2D eigenvalue weighted by Crippen LogP contribution is -2.32. The summed E-state index contributed by atoms with van der Waals surface area (Å²) in [6.07, 6.45) is 1.82. The van der Waals surface area contributed by atoms with E-state index in [1.54, 1.807) is 23.3 Å². The van der Waals surface area contributed by atoms with Gasteiger partial charge in [-0.1, -0.05) is 6.07 Å². The molecule has 0 bridgehead atoms. The van der Waals surface area contributed by atoms with E-state index in [-0.39, 0.29) is 5.91 Å². The summed E-state index contributed by atoms with van der Waals surface area (Å²) in [7, 11) is 1.62. The molecular formula is C23H20N2O3S. The number of aliphatic imine (C=N–C) groups is 1. The van der Waals surface area contributed by atoms with Gasteiger partial charge in [0.25, 0.3) is 5.91 Å². The summed E-state index contributed by atoms with van der Waals surface area (Å²) in [4.78, 5) is 20.5. The molecule has 0 radical (unpaired) electrons. The molecule has 0 saturated heterocycles. The van der Waals surface area contributed by atoms with Gasteiger partial charge in [0.15, 0.2) is 0 Å². The molecule has 0 aliphatic carbocycles. The summed E-state index contributed by atoms with van der Waals surface area (Å²) in [5, 5.41) is 1.98. The Balaban J connectivity index is 1.76. The fraction of sp³-hybridized carbons (Fsp3) is 0.130. The summed E-state index contributed by atoms with van der Waals surface area (Å²) in [6.45, 7) is 2.53. The number of amides is 1. The van der Waals surface area contributed by atoms with Crippen LogP contribution in [0.25, 0.3) is 6.08 Å². The fourth-order valence-corrected chi connectivity index (χ4v) is 3.71. The molecule has 4 rings (SSSR count). The molecule has 29 heavy (non-hydrogen) atoms. The van der Waals surface area contributed by atoms with E-state index in [0.717, 1.165) is 27.6 Å². The molecule has 1 aliphatic rings. The van der Waals surface area contributed by atoms with E-state index in [1.807, 2.05) is 79.0 Å². The number of methoxy groups -OCH3 is 1. The van der Waals surface area contributed by atoms with Gasteiger partial charge >= 0.3 is 0 Å². The Morgan fingerprint density at radius 1 is 1.03 bits per heavy atom. The maximum Gasteiger partial charge on any atom is 0.282 e. The molecule has 2 heterocycles. The average molecular weight is 404 g/mol. The molecule has 1 amide bonds. The van der Waals surface area contributed by atoms with Crippen molar-refractivity contribution in [3.05, 3.63) is 82.2 Å². The second-order valence-electron chi connectivity index (χ2n) is 6.28. The van der Waals surface area contributed by atoms with Crippen LogP contribution in [0.1, 0.15) is 17.4 Å². The van der Waals surface area contributed by atoms with Gasteiger partial charge in [-0.25, -0.2) is 4.99 Å². The Morgan fingerprint density at radius 2 is 1.76 bits per heavy atom. The molecular weight excluding hydrogens is 384 g/mol. The van der Waals surface area contributed by atoms with Crippen molar-refractivity contribution in [1.82, 2.24) is 0 Å². The molecule has 0 N–H and O–H groups in total. The molecule has 0 unspecified atom stereocenters. The third-order valence-corrected chi connectivity index (χ3v) is 5.26. The van der Waals surface area contributed by atoms with Crippen LogP contribution >= 0.6 is 11.3 Å². The molecule has 3 aromatic rings. The van der Waals surface area contributed by atoms with E-state index < -0.39 is 0 Å². The minimum Gasteiger partial charge on any atom is -0.497 e. The highest BCUT2D eigenvalue weighted by atomic mass is 32.1. The van der Waals surface area contributed by atoms with Crippen LogP contribution in [0.2, 0.25) is 0 Å². The predicted molar refractivity (Wildman–Crippen MR) is 117 cm³/mol. The Hall–Kier alpha value is -3.38. The highest BCUT2D eigenvalue weighted by Crippen LogP contribution is 2.30. The van der Waals surface area contributed by atoms with Crippen LogP contribution in [0, 0.1) is 0 Å². The van der Waals surface area contributed by atoms with Crippen LogP contribution in [-0.2, 0) is 4.79 Å². The van der Waals surface area contributed by atoms with Gasteiger partial charge < -0.3 is 9.47 Å². The summed E-state index contributed by atoms with van der Waals surface area (Å²) < 4.78 is 10.8. The zero-order valence-electron chi connectivity index (χ0n) is 16.2. The van der Waals surface area contributed by atoms with Crippen LogP contribution < -0.4 is 14.4 Å². The SMILES string of the molecule is CCOc1ccc(N2C(=O)/C(=C\c3cccs3)N=C2c2ccc(OC)cc2)cc1. The van der Waals surface area contributed by atoms with Gasteiger partial charge in [0.2, 0.25) is 0 Å². The summed E-state index contributed by atoms with van der Waals surface area (Å²) >= 11 is 1.57. The normalized spacial score (nSPS) is 15.0. The number of hydrogen-bond acceptors (Lipinski definition) is 5. The predicted octanol–water partition coefficient (Wildman–Crippen LogP) is 4.99. The van der Waals surface area contributed by atoms with E-state index in [9.17, 15) is 4.79 Å². The molecule has 0 saturated carbocycles. The van der Waals surface area contributed by atoms with Crippen molar-refractivity contribution in [2.75, 3.05) is 18.6 Å². The quantitative estimate of drug-likeness (QED) is 0.544. The number of ether oxygens (including phenoxy) is 2. The molecule has 0 fully saturated rings. The fourth-order valence-electron chi connectivity index (χ4n) is 3.06. The summed E-state index contributed by atoms with van der Waals surface area (Å²) in [6, 6.07) is 18.9. The minimum absolute atomic E-state index is 0.159. The molecule has 6 heteroatoms. The Morgan fingerprint density at radius 3 is 2.38 bits per heavy atom. The van der Waals surface area contributed by atoms with E-state index in [4.69, 9.17) is 9.47 Å². The third kappa shape index (κ3) is 3.93. The van der Waals surface area contributed by atoms with Crippen LogP contribution in [-0.4, -0.2) is 25.5 Å². The van der Waals surface area contributed by atoms with E-state index >= 15 is 0 Å². The molecule has 5 nitrogen and oxygen atoms in total. The highest BCUT2D eigenvalue weighted by molar-refractivity contribution is 7.10. The van der Waals surface area contributed by atoms with Gasteiger partial charge in [-0.05, 0) is 73.0 Å². The minimum atomic E-state index is -0.159. The molecule has 0 atom stereocenters. The van der Waals surface area contributed by atoms with Crippen molar-refractivity contribution in [2.45, 2.75) is 6.92 Å². The van der Waals surface area contributed by atoms with Crippen LogP contribution in [0.5, 0.6) is 11.5 Å². The topological polar surface area (TPSA) is 51.1 Å². The lowest BCUT2D eigenvalue weighted by Gasteiger charge is -2.19. The summed E-state index contributed by atoms with van der Waals surface area (Å²) in [5.41, 5.74) is 1.98. The number of amidine groups is 1. The number of anilines is 1. The number of thiophene rings is 1. The van der Waals surface area contributed by atoms with Gasteiger partial charge in [-0.15, -0.1) is 11.3 Å². The van der Waals surface area contributed by atoms with Gasteiger partial charge in [0.1, 0.15) is 23.0 Å². The van der Waals surface area contributed by atoms with Gasteiger partial charge in [0.05, 0.1) is 19.4 Å². The molecule has 1 aliphatic heterocycles. The lowest BCUT2D eigenvalue weighted by molar-refractivity contribution is -0.113. The van der Waals surface area contributed by atoms with Crippen molar-refractivity contribution in [3.8, 4) is 11.5 Å². The van der Waals surface area contributed by atoms with Crippen LogP contribution in [0.4, 0.5) is 5.69 Å². The van der Waals surface area contributed by atoms with Crippen molar-refractivity contribution in [2.24, 2.45) is 4.99 Å². The van der Waals surface area contributed by atoms with E-state index in [0.29, 0.717) is 18.1 Å². The van der Waals surface area contributed by atoms with Gasteiger partial charge in [0, 0.05) is 10.4 Å². The van der Waals surface area contributed by atoms with E-state index in [1.165, 1.54) is 0 Å². The van der Waals surface area contributed by atoms with Crippen molar-refractivity contribution in [1.29, 1.82) is 0 Å². The first-order chi connectivity index (χ1) is 14.2. The number of carbonyl (C=O) groups excluding carboxylic acids is 1. The number of nitrogens with zero attached hydrogens (tertiary/aromatic N) is 2. The van der Waals surface area contributed by atoms with Gasteiger partial charge in [-0.3, -0.25) is 9.69 Å². The Labute approximate surface area is 173 Å². The zero-order chi connectivity index (χ0) is 20.2. The number of carbonyl (C=O) groups is 1. The first-order valence-electron chi connectivity index (χ1n) is 9.25. The number of rotatable bonds is 6. The van der Waals surface area contributed by atoms with Gasteiger partial charge in [-0.2, -0.15) is 0 Å². The lowest BCUT2D eigenvalue weighted by atomic mass is 10.1. The van der Waals surface area contributed by atoms with Crippen LogP contribution in [0.15, 0.2) is 76.7 Å². The average Bonchev–Trinajstić information content (AvgIpc) is 3.38. The summed E-state index contributed by atoms with van der Waals surface area (Å²) in [5.74, 6) is 1.94. The van der Waals surface area contributed by atoms with Crippen molar-refractivity contribution < 1.29 is 14.3 Å². The van der Waals surface area contributed by atoms with Crippen molar-refractivity contribution >= 4 is 34.8 Å². The molecule has 2 aromatic carbocycles. The molecule has 0 spiro atoms. The maximum atomic E-state index is 13.2. The second-order valence-corrected chi connectivity index (χ2v) is 7.26. The first-order valence-corrected chi connectivity index (χ1v) is 10.1. The zero-order valence-corrected chi connectivity index (χ0v) is 17.0. The molecule has 146 valence electrons. The van der Waals surface area contributed by atoms with Crippen molar-refractivity contribution in [3.63, 3.8) is 0 Å². The maximum absolute atomic E-state index is 13.2. The highest BCUT2D eigenvalue weighted by Gasteiger charge is 2.32. The number of benzene rings is 2. The molecule has 1 aromatic heterocycles. The monoisotopic (exact) mass is 404 g/mol. The first kappa shape index (κ1) is 19.0. The number of hydrogen-bond donors (Lipinski definition) is 0. The smallest absolute Gasteiger partial charge is 0.282 e. The standard InChI is InChI=1S/C23H20N2O3S/c1-3-28-19-12-8-17(9-13-19)25-22(16-6-10-18(27-2)11-7-16)24-21(23(25)26)15-20-5-4-14-29-20/h4-15H,3H2,1-2H3/b21-15+. The van der Waals surface area contributed by atoms with Crippen LogP contribution in [0.3, 0.4) is 0 Å². The third-order valence-electron chi connectivity index (χ3n) is 4.44. The second kappa shape index (κ2) is 8.32. The Bertz CT molecular complexity index is 1050. The Kier molecular flexibility index (Phi) is 5.44.